The van der Waals surface area contributed by atoms with E-state index in [1.54, 1.807) is 6.08 Å². The number of amides is 1. The van der Waals surface area contributed by atoms with E-state index in [-0.39, 0.29) is 18.9 Å². The molecule has 0 aliphatic carbocycles. The molecule has 0 saturated carbocycles. The third kappa shape index (κ3) is 34.8. The molecule has 19 heteroatoms. The van der Waals surface area contributed by atoms with Gasteiger partial charge in [0.25, 0.3) is 0 Å². The summed E-state index contributed by atoms with van der Waals surface area (Å²) in [6, 6.07) is -1.00. The summed E-state index contributed by atoms with van der Waals surface area (Å²) in [4.78, 5) is 13.4. The number of rotatable bonds is 52. The van der Waals surface area contributed by atoms with Gasteiger partial charge in [-0.15, -0.1) is 0 Å². The van der Waals surface area contributed by atoms with Crippen molar-refractivity contribution in [1.29, 1.82) is 0 Å². The summed E-state index contributed by atoms with van der Waals surface area (Å²) in [5.74, 6) is -0.297. The molecule has 3 heterocycles. The van der Waals surface area contributed by atoms with Crippen LogP contribution in [0.5, 0.6) is 0 Å². The highest BCUT2D eigenvalue weighted by atomic mass is 16.8. The average Bonchev–Trinajstić information content (AvgIpc) is 0.885. The molecule has 0 spiro atoms. The fourth-order valence-corrected chi connectivity index (χ4v) is 11.2. The van der Waals surface area contributed by atoms with Crippen molar-refractivity contribution in [2.24, 2.45) is 0 Å². The highest BCUT2D eigenvalue weighted by molar-refractivity contribution is 5.76. The SMILES string of the molecule is CC/C=C\C/C=C\C/C=C\C/C=C\C/C=C\CCCCCCCCCCCCCC(=O)NC(COC1OC(CO)C(OC2OC(CO)C(OC3OC(CO)C(O)C(O)C3O)C(O)C2O)C(O)C1O)C(O)/C=C/CC/C=C/CC/C=C/CCCCCCCCCCC. The summed E-state index contributed by atoms with van der Waals surface area (Å²) in [6.07, 6.45) is 42.3. The molecule has 17 atom stereocenters. The summed E-state index contributed by atoms with van der Waals surface area (Å²) in [6.45, 7) is 1.58. The lowest BCUT2D eigenvalue weighted by atomic mass is 9.96. The minimum Gasteiger partial charge on any atom is -0.394 e. The van der Waals surface area contributed by atoms with Crippen molar-refractivity contribution < 1.29 is 89.4 Å². The van der Waals surface area contributed by atoms with E-state index in [2.05, 4.69) is 104 Å². The quantitative estimate of drug-likeness (QED) is 0.0199. The number of aliphatic hydroxyl groups is 11. The van der Waals surface area contributed by atoms with Crippen molar-refractivity contribution in [3.8, 4) is 0 Å². The molecule has 0 bridgehead atoms. The van der Waals surface area contributed by atoms with E-state index in [0.29, 0.717) is 12.8 Å². The van der Waals surface area contributed by atoms with Crippen LogP contribution in [-0.4, -0.2) is 193 Å². The maximum Gasteiger partial charge on any atom is 0.220 e. The van der Waals surface area contributed by atoms with Gasteiger partial charge in [-0.2, -0.15) is 0 Å². The zero-order valence-electron chi connectivity index (χ0n) is 55.3. The van der Waals surface area contributed by atoms with Crippen LogP contribution in [0.3, 0.4) is 0 Å². The minimum atomic E-state index is -1.99. The van der Waals surface area contributed by atoms with Crippen molar-refractivity contribution in [2.75, 3.05) is 26.4 Å². The topological polar surface area (TPSA) is 307 Å². The molecule has 17 unspecified atom stereocenters. The van der Waals surface area contributed by atoms with Gasteiger partial charge in [-0.1, -0.05) is 220 Å². The number of ether oxygens (including phenoxy) is 6. The molecule has 1 amide bonds. The van der Waals surface area contributed by atoms with Crippen LogP contribution in [0.4, 0.5) is 0 Å². The lowest BCUT2D eigenvalue weighted by Crippen LogP contribution is -2.66. The molecule has 3 aliphatic heterocycles. The largest absolute Gasteiger partial charge is 0.394 e. The minimum absolute atomic E-state index is 0.222. The first-order valence-electron chi connectivity index (χ1n) is 35.0. The Kier molecular flexibility index (Phi) is 47.7. The Morgan fingerprint density at radius 3 is 1.23 bits per heavy atom. The fourth-order valence-electron chi connectivity index (χ4n) is 11.2. The number of aliphatic hydroxyl groups excluding tert-OH is 11. The first-order chi connectivity index (χ1) is 44.3. The maximum atomic E-state index is 13.4. The first-order valence-corrected chi connectivity index (χ1v) is 35.0. The standard InChI is InChI=1S/C72H123NO18/c1-3-5-7-9-11-13-15-17-19-21-23-24-25-26-27-28-29-30-32-34-36-38-40-42-44-46-48-50-60(78)73-55(56(77)49-47-45-43-41-39-37-35-33-31-22-20-18-16-14-12-10-8-6-4-2)54-86-70-66(84)63(81)68(58(52-75)88-70)91-72-67(85)64(82)69(59(53-76)89-72)90-71-65(83)62(80)61(79)57(51-74)87-71/h5,7,11,13,17,19,23-24,26-27,31,33,39,41,47,49,55-59,61-72,74-77,79-85H,3-4,6,8-10,12,14-16,18,20-22,25,28-30,32,34-38,40,42-46,48,50-54H2,1-2H3,(H,73,78)/b7-5-,13-11-,19-17-,24-23-,27-26-,33-31+,41-39+,49-47+. The second-order valence-corrected chi connectivity index (χ2v) is 24.6. The molecule has 0 aromatic rings. The maximum absolute atomic E-state index is 13.4. The summed E-state index contributed by atoms with van der Waals surface area (Å²) in [5, 5.41) is 121. The smallest absolute Gasteiger partial charge is 0.220 e. The van der Waals surface area contributed by atoms with Crippen LogP contribution in [0, 0.1) is 0 Å². The van der Waals surface area contributed by atoms with Gasteiger partial charge in [0.1, 0.15) is 73.2 Å². The first kappa shape index (κ1) is 81.9. The second-order valence-electron chi connectivity index (χ2n) is 24.6. The molecule has 3 saturated heterocycles. The highest BCUT2D eigenvalue weighted by Crippen LogP contribution is 2.33. The van der Waals surface area contributed by atoms with Gasteiger partial charge in [0, 0.05) is 6.42 Å². The van der Waals surface area contributed by atoms with E-state index in [0.717, 1.165) is 89.9 Å². The summed E-state index contributed by atoms with van der Waals surface area (Å²) in [5.41, 5.74) is 0. The van der Waals surface area contributed by atoms with Crippen molar-refractivity contribution in [3.05, 3.63) is 97.2 Å². The lowest BCUT2D eigenvalue weighted by molar-refractivity contribution is -0.379. The lowest BCUT2D eigenvalue weighted by Gasteiger charge is -2.48. The number of carbonyl (C=O) groups is 1. The fraction of sp³-hybridized carbons (Fsp3) is 0.764. The van der Waals surface area contributed by atoms with Crippen LogP contribution in [0.2, 0.25) is 0 Å². The molecular formula is C72H123NO18. The molecule has 524 valence electrons. The van der Waals surface area contributed by atoms with Gasteiger partial charge >= 0.3 is 0 Å². The molecule has 0 aromatic carbocycles. The molecule has 91 heavy (non-hydrogen) atoms. The van der Waals surface area contributed by atoms with Crippen LogP contribution in [0.25, 0.3) is 0 Å². The van der Waals surface area contributed by atoms with E-state index in [1.165, 1.54) is 96.3 Å². The molecule has 3 fully saturated rings. The van der Waals surface area contributed by atoms with Crippen LogP contribution in [-0.2, 0) is 33.2 Å². The Labute approximate surface area is 545 Å². The predicted molar refractivity (Wildman–Crippen MR) is 355 cm³/mol. The molecule has 0 aromatic heterocycles. The number of allylic oxidation sites excluding steroid dienone is 15. The van der Waals surface area contributed by atoms with Gasteiger partial charge in [0.05, 0.1) is 38.6 Å². The van der Waals surface area contributed by atoms with E-state index < -0.39 is 124 Å². The van der Waals surface area contributed by atoms with Gasteiger partial charge in [0.15, 0.2) is 18.9 Å². The zero-order chi connectivity index (χ0) is 66.1. The van der Waals surface area contributed by atoms with Crippen LogP contribution < -0.4 is 5.32 Å². The molecule has 12 N–H and O–H groups in total. The number of hydrogen-bond acceptors (Lipinski definition) is 18. The van der Waals surface area contributed by atoms with E-state index in [4.69, 9.17) is 28.4 Å². The van der Waals surface area contributed by atoms with Gasteiger partial charge in [0.2, 0.25) is 5.91 Å². The molecule has 19 nitrogen and oxygen atoms in total. The zero-order valence-corrected chi connectivity index (χ0v) is 55.3. The van der Waals surface area contributed by atoms with Gasteiger partial charge in [-0.3, -0.25) is 4.79 Å². The number of carbonyl (C=O) groups excluding carboxylic acids is 1. The van der Waals surface area contributed by atoms with Crippen LogP contribution in [0.15, 0.2) is 97.2 Å². The molecule has 3 aliphatic rings. The monoisotopic (exact) mass is 1290 g/mol. The Bertz CT molecular complexity index is 2030. The molecule has 3 rings (SSSR count). The Balaban J connectivity index is 1.45. The number of hydrogen-bond donors (Lipinski definition) is 12. The van der Waals surface area contributed by atoms with Gasteiger partial charge < -0.3 is 89.9 Å². The summed E-state index contributed by atoms with van der Waals surface area (Å²) < 4.78 is 34.3. The Hall–Kier alpha value is -3.29. The van der Waals surface area contributed by atoms with E-state index >= 15 is 0 Å². The highest BCUT2D eigenvalue weighted by Gasteiger charge is 2.53. The van der Waals surface area contributed by atoms with Gasteiger partial charge in [-0.05, 0) is 89.9 Å². The van der Waals surface area contributed by atoms with Crippen LogP contribution in [0.1, 0.15) is 219 Å². The second kappa shape index (κ2) is 52.9. The molecular weight excluding hydrogens is 1170 g/mol. The van der Waals surface area contributed by atoms with Crippen molar-refractivity contribution in [2.45, 2.75) is 324 Å². The third-order valence-corrected chi connectivity index (χ3v) is 16.8. The summed E-state index contributed by atoms with van der Waals surface area (Å²) >= 11 is 0. The van der Waals surface area contributed by atoms with E-state index in [9.17, 15) is 61.0 Å². The third-order valence-electron chi connectivity index (χ3n) is 16.8. The number of nitrogens with one attached hydrogen (secondary N) is 1. The van der Waals surface area contributed by atoms with Crippen molar-refractivity contribution in [1.82, 2.24) is 5.32 Å². The predicted octanol–water partition coefficient (Wildman–Crippen LogP) is 9.27. The Morgan fingerprint density at radius 1 is 0.407 bits per heavy atom. The normalized spacial score (nSPS) is 28.5. The Morgan fingerprint density at radius 2 is 0.769 bits per heavy atom. The molecule has 0 radical (unpaired) electrons. The van der Waals surface area contributed by atoms with Crippen molar-refractivity contribution in [3.63, 3.8) is 0 Å². The van der Waals surface area contributed by atoms with Crippen molar-refractivity contribution >= 4 is 5.91 Å². The van der Waals surface area contributed by atoms with E-state index in [1.807, 2.05) is 6.08 Å². The average molecular weight is 1290 g/mol. The summed E-state index contributed by atoms with van der Waals surface area (Å²) in [7, 11) is 0. The number of unbranched alkanes of at least 4 members (excludes halogenated alkanes) is 22. The van der Waals surface area contributed by atoms with Gasteiger partial charge in [-0.25, -0.2) is 0 Å². The van der Waals surface area contributed by atoms with Crippen LogP contribution >= 0.6 is 0 Å².